The molecule has 0 atom stereocenters. The maximum atomic E-state index is 12.0. The second-order valence-electron chi connectivity index (χ2n) is 3.93. The minimum atomic E-state index is -0.260. The van der Waals surface area contributed by atoms with Gasteiger partial charge in [0.05, 0.1) is 7.11 Å². The number of ketones is 1. The highest BCUT2D eigenvalue weighted by molar-refractivity contribution is 9.10. The SMILES string of the molecule is COc1ccc(C#CC(=O)c2ccc(Cl)cc2Br)cc1. The summed E-state index contributed by atoms with van der Waals surface area (Å²) in [6, 6.07) is 12.2. The number of methoxy groups -OCH3 is 1. The van der Waals surface area contributed by atoms with Crippen LogP contribution >= 0.6 is 27.5 Å². The summed E-state index contributed by atoms with van der Waals surface area (Å²) in [4.78, 5) is 12.0. The van der Waals surface area contributed by atoms with E-state index in [1.807, 2.05) is 0 Å². The van der Waals surface area contributed by atoms with Crippen LogP contribution < -0.4 is 4.74 Å². The van der Waals surface area contributed by atoms with Crippen LogP contribution in [-0.2, 0) is 0 Å². The molecule has 0 fully saturated rings. The number of Topliss-reactive ketones (excluding diaryl/α,β-unsaturated/α-hetero) is 1. The van der Waals surface area contributed by atoms with E-state index in [9.17, 15) is 4.79 Å². The number of benzene rings is 2. The molecule has 2 aromatic carbocycles. The Hall–Kier alpha value is -1.76. The van der Waals surface area contributed by atoms with Crippen molar-refractivity contribution >= 4 is 33.3 Å². The Morgan fingerprint density at radius 1 is 1.20 bits per heavy atom. The molecule has 0 aliphatic carbocycles. The summed E-state index contributed by atoms with van der Waals surface area (Å²) in [5.41, 5.74) is 1.25. The molecular formula is C16H10BrClO2. The molecule has 0 aliphatic rings. The van der Waals surface area contributed by atoms with Gasteiger partial charge in [-0.25, -0.2) is 0 Å². The first-order valence-corrected chi connectivity index (χ1v) is 6.92. The molecule has 0 aliphatic heterocycles. The van der Waals surface area contributed by atoms with Crippen LogP contribution in [-0.4, -0.2) is 12.9 Å². The molecule has 20 heavy (non-hydrogen) atoms. The Bertz CT molecular complexity index is 697. The summed E-state index contributed by atoms with van der Waals surface area (Å²) in [7, 11) is 1.60. The van der Waals surface area contributed by atoms with Gasteiger partial charge in [0.2, 0.25) is 5.78 Å². The summed E-state index contributed by atoms with van der Waals surface area (Å²) >= 11 is 9.14. The van der Waals surface area contributed by atoms with Crippen LogP contribution in [0.1, 0.15) is 15.9 Å². The lowest BCUT2D eigenvalue weighted by Crippen LogP contribution is -1.96. The molecule has 4 heteroatoms. The third-order valence-electron chi connectivity index (χ3n) is 2.59. The van der Waals surface area contributed by atoms with E-state index in [4.69, 9.17) is 16.3 Å². The van der Waals surface area contributed by atoms with Crippen molar-refractivity contribution in [2.75, 3.05) is 7.11 Å². The molecule has 0 radical (unpaired) electrons. The van der Waals surface area contributed by atoms with E-state index in [1.54, 1.807) is 49.6 Å². The van der Waals surface area contributed by atoms with Crippen LogP contribution in [0.25, 0.3) is 0 Å². The van der Waals surface area contributed by atoms with E-state index in [0.29, 0.717) is 15.1 Å². The highest BCUT2D eigenvalue weighted by Crippen LogP contribution is 2.21. The standard InChI is InChI=1S/C16H10BrClO2/c1-20-13-6-2-11(3-7-13)4-9-16(19)14-8-5-12(18)10-15(14)17/h2-3,5-8,10H,1H3. The molecule has 0 saturated carbocycles. The first-order chi connectivity index (χ1) is 9.60. The molecule has 2 nitrogen and oxygen atoms in total. The van der Waals surface area contributed by atoms with Gasteiger partial charge in [0, 0.05) is 20.6 Å². The Labute approximate surface area is 130 Å². The molecular weight excluding hydrogens is 340 g/mol. The van der Waals surface area contributed by atoms with Crippen LogP contribution in [0.3, 0.4) is 0 Å². The van der Waals surface area contributed by atoms with Crippen molar-refractivity contribution in [1.82, 2.24) is 0 Å². The zero-order valence-corrected chi connectivity index (χ0v) is 13.0. The van der Waals surface area contributed by atoms with Crippen molar-refractivity contribution in [3.05, 3.63) is 63.1 Å². The molecule has 0 bridgehead atoms. The summed E-state index contributed by atoms with van der Waals surface area (Å²) in [6.45, 7) is 0. The molecule has 0 unspecified atom stereocenters. The molecule has 0 N–H and O–H groups in total. The summed E-state index contributed by atoms with van der Waals surface area (Å²) in [6.07, 6.45) is 0. The monoisotopic (exact) mass is 348 g/mol. The quantitative estimate of drug-likeness (QED) is 0.595. The van der Waals surface area contributed by atoms with Gasteiger partial charge in [-0.15, -0.1) is 0 Å². The molecule has 0 saturated heterocycles. The second-order valence-corrected chi connectivity index (χ2v) is 5.22. The van der Waals surface area contributed by atoms with Gasteiger partial charge in [-0.05, 0) is 64.3 Å². The lowest BCUT2D eigenvalue weighted by molar-refractivity contribution is 0.105. The smallest absolute Gasteiger partial charge is 0.237 e. The first kappa shape index (κ1) is 14.6. The Balaban J connectivity index is 2.21. The van der Waals surface area contributed by atoms with Crippen molar-refractivity contribution in [3.63, 3.8) is 0 Å². The third kappa shape index (κ3) is 3.63. The zero-order valence-electron chi connectivity index (χ0n) is 10.6. The Morgan fingerprint density at radius 3 is 2.50 bits per heavy atom. The van der Waals surface area contributed by atoms with Gasteiger partial charge in [-0.1, -0.05) is 17.5 Å². The van der Waals surface area contributed by atoms with Crippen molar-refractivity contribution in [3.8, 4) is 17.6 Å². The number of ether oxygens (including phenoxy) is 1. The van der Waals surface area contributed by atoms with Gasteiger partial charge in [0.25, 0.3) is 0 Å². The maximum absolute atomic E-state index is 12.0. The fraction of sp³-hybridized carbons (Fsp3) is 0.0625. The Kier molecular flexibility index (Phi) is 4.84. The van der Waals surface area contributed by atoms with Crippen molar-refractivity contribution < 1.29 is 9.53 Å². The largest absolute Gasteiger partial charge is 0.497 e. The second kappa shape index (κ2) is 6.60. The van der Waals surface area contributed by atoms with Gasteiger partial charge in [0.15, 0.2) is 0 Å². The van der Waals surface area contributed by atoms with Crippen molar-refractivity contribution in [2.45, 2.75) is 0 Å². The summed E-state index contributed by atoms with van der Waals surface area (Å²) < 4.78 is 5.70. The van der Waals surface area contributed by atoms with Gasteiger partial charge < -0.3 is 4.74 Å². The Morgan fingerprint density at radius 2 is 1.90 bits per heavy atom. The van der Waals surface area contributed by atoms with E-state index in [0.717, 1.165) is 11.3 Å². The lowest BCUT2D eigenvalue weighted by Gasteiger charge is -1.99. The van der Waals surface area contributed by atoms with E-state index in [2.05, 4.69) is 27.8 Å². The lowest BCUT2D eigenvalue weighted by atomic mass is 10.1. The minimum Gasteiger partial charge on any atom is -0.497 e. The summed E-state index contributed by atoms with van der Waals surface area (Å²) in [5, 5.41) is 0.566. The fourth-order valence-electron chi connectivity index (χ4n) is 1.54. The highest BCUT2D eigenvalue weighted by atomic mass is 79.9. The molecule has 0 amide bonds. The fourth-order valence-corrected chi connectivity index (χ4v) is 2.41. The third-order valence-corrected chi connectivity index (χ3v) is 3.48. The number of rotatable bonds is 2. The molecule has 100 valence electrons. The van der Waals surface area contributed by atoms with E-state index >= 15 is 0 Å². The average Bonchev–Trinajstić information content (AvgIpc) is 2.45. The number of hydrogen-bond acceptors (Lipinski definition) is 2. The van der Waals surface area contributed by atoms with Crippen molar-refractivity contribution in [2.24, 2.45) is 0 Å². The zero-order chi connectivity index (χ0) is 14.5. The molecule has 0 aromatic heterocycles. The predicted molar refractivity (Wildman–Crippen MR) is 83.4 cm³/mol. The average molecular weight is 350 g/mol. The molecule has 0 heterocycles. The van der Waals surface area contributed by atoms with Crippen molar-refractivity contribution in [1.29, 1.82) is 0 Å². The number of carbonyl (C=O) groups is 1. The topological polar surface area (TPSA) is 26.3 Å². The van der Waals surface area contributed by atoms with Crippen LogP contribution in [0.15, 0.2) is 46.9 Å². The van der Waals surface area contributed by atoms with Gasteiger partial charge in [-0.3, -0.25) is 4.79 Å². The number of halogens is 2. The minimum absolute atomic E-state index is 0.260. The van der Waals surface area contributed by atoms with E-state index < -0.39 is 0 Å². The van der Waals surface area contributed by atoms with Gasteiger partial charge in [-0.2, -0.15) is 0 Å². The van der Waals surface area contributed by atoms with E-state index in [-0.39, 0.29) is 5.78 Å². The normalized spacial score (nSPS) is 9.55. The number of hydrogen-bond donors (Lipinski definition) is 0. The molecule has 0 spiro atoms. The van der Waals surface area contributed by atoms with Crippen LogP contribution in [0.2, 0.25) is 5.02 Å². The van der Waals surface area contributed by atoms with E-state index in [1.165, 1.54) is 0 Å². The van der Waals surface area contributed by atoms with Gasteiger partial charge >= 0.3 is 0 Å². The maximum Gasteiger partial charge on any atom is 0.237 e. The van der Waals surface area contributed by atoms with Crippen LogP contribution in [0, 0.1) is 11.8 Å². The number of carbonyl (C=O) groups excluding carboxylic acids is 1. The highest BCUT2D eigenvalue weighted by Gasteiger charge is 2.07. The summed E-state index contributed by atoms with van der Waals surface area (Å²) in [5.74, 6) is 5.93. The predicted octanol–water partition coefficient (Wildman–Crippen LogP) is 4.35. The first-order valence-electron chi connectivity index (χ1n) is 5.75. The van der Waals surface area contributed by atoms with Crippen LogP contribution in [0.4, 0.5) is 0 Å². The molecule has 2 rings (SSSR count). The van der Waals surface area contributed by atoms with Crippen LogP contribution in [0.5, 0.6) is 5.75 Å². The molecule has 2 aromatic rings. The van der Waals surface area contributed by atoms with Gasteiger partial charge in [0.1, 0.15) is 5.75 Å².